The van der Waals surface area contributed by atoms with E-state index in [1.54, 1.807) is 20.8 Å². The van der Waals surface area contributed by atoms with Crippen molar-refractivity contribution in [1.29, 1.82) is 0 Å². The van der Waals surface area contributed by atoms with E-state index in [1.165, 1.54) is 4.90 Å². The molecule has 2 atom stereocenters. The van der Waals surface area contributed by atoms with Crippen molar-refractivity contribution in [3.63, 3.8) is 0 Å². The maximum atomic E-state index is 14.0. The minimum Gasteiger partial charge on any atom is -0.444 e. The number of nitrogens with one attached hydrogen (secondary N) is 2. The molecule has 0 aliphatic carbocycles. The SMILES string of the molecule is CCCCCCN(C(=O)C(CCC(N)=O)NC(=O)OC(C)(C)C)C(C(=O)NC(C)C)c1cccc(C)c1. The Labute approximate surface area is 221 Å². The Hall–Kier alpha value is -3.10. The number of unbranched alkanes of at least 4 members (excludes halogenated alkanes) is 3. The highest BCUT2D eigenvalue weighted by Gasteiger charge is 2.36. The highest BCUT2D eigenvalue weighted by molar-refractivity contribution is 5.92. The van der Waals surface area contributed by atoms with E-state index >= 15 is 0 Å². The van der Waals surface area contributed by atoms with Crippen LogP contribution in [0.2, 0.25) is 0 Å². The number of primary amides is 1. The van der Waals surface area contributed by atoms with E-state index in [1.807, 2.05) is 45.0 Å². The Bertz CT molecular complexity index is 910. The van der Waals surface area contributed by atoms with Crippen molar-refractivity contribution in [2.45, 2.75) is 111 Å². The van der Waals surface area contributed by atoms with E-state index in [-0.39, 0.29) is 24.8 Å². The fourth-order valence-electron chi connectivity index (χ4n) is 3.95. The maximum Gasteiger partial charge on any atom is 0.408 e. The molecule has 9 nitrogen and oxygen atoms in total. The van der Waals surface area contributed by atoms with Crippen LogP contribution in [0.25, 0.3) is 0 Å². The quantitative estimate of drug-likeness (QED) is 0.319. The van der Waals surface area contributed by atoms with Gasteiger partial charge in [-0.1, -0.05) is 56.0 Å². The van der Waals surface area contributed by atoms with Crippen LogP contribution in [-0.2, 0) is 19.1 Å². The first-order valence-corrected chi connectivity index (χ1v) is 13.2. The lowest BCUT2D eigenvalue weighted by Crippen LogP contribution is -2.54. The molecule has 0 radical (unpaired) electrons. The highest BCUT2D eigenvalue weighted by Crippen LogP contribution is 2.25. The molecule has 1 aromatic carbocycles. The van der Waals surface area contributed by atoms with Crippen LogP contribution in [0.4, 0.5) is 4.79 Å². The molecule has 1 rings (SSSR count). The van der Waals surface area contributed by atoms with Gasteiger partial charge in [0.15, 0.2) is 0 Å². The van der Waals surface area contributed by atoms with Gasteiger partial charge in [0.2, 0.25) is 17.7 Å². The lowest BCUT2D eigenvalue weighted by molar-refractivity contribution is -0.143. The number of rotatable bonds is 14. The van der Waals surface area contributed by atoms with Gasteiger partial charge in [-0.25, -0.2) is 4.79 Å². The van der Waals surface area contributed by atoms with Crippen LogP contribution >= 0.6 is 0 Å². The second-order valence-corrected chi connectivity index (χ2v) is 10.8. The van der Waals surface area contributed by atoms with Gasteiger partial charge in [0.1, 0.15) is 17.7 Å². The number of benzene rings is 1. The van der Waals surface area contributed by atoms with Gasteiger partial charge >= 0.3 is 6.09 Å². The molecule has 1 aromatic rings. The Kier molecular flexibility index (Phi) is 13.1. The Morgan fingerprint density at radius 3 is 2.27 bits per heavy atom. The zero-order chi connectivity index (χ0) is 28.2. The number of aryl methyl sites for hydroxylation is 1. The zero-order valence-electron chi connectivity index (χ0n) is 23.6. The molecule has 0 saturated heterocycles. The van der Waals surface area contributed by atoms with Gasteiger partial charge in [-0.05, 0) is 59.9 Å². The Morgan fingerprint density at radius 2 is 1.73 bits per heavy atom. The molecule has 0 heterocycles. The monoisotopic (exact) mass is 518 g/mol. The molecule has 0 bridgehead atoms. The molecule has 208 valence electrons. The van der Waals surface area contributed by atoms with Crippen molar-refractivity contribution in [2.24, 2.45) is 5.73 Å². The number of nitrogens with two attached hydrogens (primary N) is 1. The van der Waals surface area contributed by atoms with Crippen LogP contribution in [0.1, 0.15) is 97.2 Å². The molecule has 2 unspecified atom stereocenters. The van der Waals surface area contributed by atoms with Gasteiger partial charge in [0, 0.05) is 19.0 Å². The van der Waals surface area contributed by atoms with E-state index < -0.39 is 35.6 Å². The largest absolute Gasteiger partial charge is 0.444 e. The molecule has 0 aromatic heterocycles. The molecule has 4 amide bonds. The van der Waals surface area contributed by atoms with Gasteiger partial charge in [-0.2, -0.15) is 0 Å². The molecular weight excluding hydrogens is 472 g/mol. The van der Waals surface area contributed by atoms with E-state index in [4.69, 9.17) is 10.5 Å². The van der Waals surface area contributed by atoms with E-state index in [9.17, 15) is 19.2 Å². The Balaban J connectivity index is 3.48. The minimum absolute atomic E-state index is 0.00872. The number of ether oxygens (including phenoxy) is 1. The van der Waals surface area contributed by atoms with E-state index in [2.05, 4.69) is 17.6 Å². The summed E-state index contributed by atoms with van der Waals surface area (Å²) in [4.78, 5) is 53.2. The van der Waals surface area contributed by atoms with Crippen molar-refractivity contribution in [1.82, 2.24) is 15.5 Å². The fourth-order valence-corrected chi connectivity index (χ4v) is 3.95. The number of amides is 4. The summed E-state index contributed by atoms with van der Waals surface area (Å²) in [6.07, 6.45) is 2.69. The molecule has 0 aliphatic rings. The van der Waals surface area contributed by atoms with Gasteiger partial charge in [0.25, 0.3) is 0 Å². The first kappa shape index (κ1) is 31.9. The van der Waals surface area contributed by atoms with Crippen LogP contribution in [-0.4, -0.2) is 52.9 Å². The lowest BCUT2D eigenvalue weighted by atomic mass is 9.99. The number of nitrogens with zero attached hydrogens (tertiary/aromatic N) is 1. The van der Waals surface area contributed by atoms with Gasteiger partial charge in [-0.15, -0.1) is 0 Å². The predicted octanol–water partition coefficient (Wildman–Crippen LogP) is 4.13. The molecule has 0 fully saturated rings. The molecule has 0 aliphatic heterocycles. The predicted molar refractivity (Wildman–Crippen MR) is 145 cm³/mol. The number of alkyl carbamates (subject to hydrolysis) is 1. The van der Waals surface area contributed by atoms with Crippen LogP contribution in [0.5, 0.6) is 0 Å². The smallest absolute Gasteiger partial charge is 0.408 e. The zero-order valence-corrected chi connectivity index (χ0v) is 23.6. The third-order valence-electron chi connectivity index (χ3n) is 5.55. The second-order valence-electron chi connectivity index (χ2n) is 10.8. The van der Waals surface area contributed by atoms with Gasteiger partial charge in [0.05, 0.1) is 0 Å². The van der Waals surface area contributed by atoms with Crippen molar-refractivity contribution in [3.05, 3.63) is 35.4 Å². The fraction of sp³-hybridized carbons (Fsp3) is 0.643. The number of hydrogen-bond acceptors (Lipinski definition) is 5. The van der Waals surface area contributed by atoms with Crippen molar-refractivity contribution >= 4 is 23.8 Å². The summed E-state index contributed by atoms with van der Waals surface area (Å²) in [6.45, 7) is 13.2. The average Bonchev–Trinajstić information content (AvgIpc) is 2.76. The summed E-state index contributed by atoms with van der Waals surface area (Å²) in [5.74, 6) is -1.37. The van der Waals surface area contributed by atoms with Crippen LogP contribution in [0.3, 0.4) is 0 Å². The molecule has 0 spiro atoms. The summed E-state index contributed by atoms with van der Waals surface area (Å²) < 4.78 is 5.36. The molecule has 4 N–H and O–H groups in total. The number of hydrogen-bond donors (Lipinski definition) is 3. The van der Waals surface area contributed by atoms with E-state index in [0.29, 0.717) is 18.5 Å². The van der Waals surface area contributed by atoms with Crippen LogP contribution in [0, 0.1) is 6.92 Å². The standard InChI is InChI=1S/C28H46N4O5/c1-8-9-10-11-17-32(24(25(34)30-19(2)3)21-14-12-13-20(4)18-21)26(35)22(15-16-23(29)33)31-27(36)37-28(5,6)7/h12-14,18-19,22,24H,8-11,15-17H2,1-7H3,(H2,29,33)(H,30,34)(H,31,36). The number of carbonyl (C=O) groups is 4. The van der Waals surface area contributed by atoms with Gasteiger partial charge in [-0.3, -0.25) is 14.4 Å². The maximum absolute atomic E-state index is 14.0. The van der Waals surface area contributed by atoms with Crippen LogP contribution < -0.4 is 16.4 Å². The minimum atomic E-state index is -1.09. The topological polar surface area (TPSA) is 131 Å². The van der Waals surface area contributed by atoms with Crippen molar-refractivity contribution in [3.8, 4) is 0 Å². The molecule has 37 heavy (non-hydrogen) atoms. The summed E-state index contributed by atoms with van der Waals surface area (Å²) in [6, 6.07) is 5.35. The van der Waals surface area contributed by atoms with Crippen LogP contribution in [0.15, 0.2) is 24.3 Å². The Morgan fingerprint density at radius 1 is 1.05 bits per heavy atom. The van der Waals surface area contributed by atoms with E-state index in [0.717, 1.165) is 24.8 Å². The van der Waals surface area contributed by atoms with Gasteiger partial charge < -0.3 is 26.0 Å². The molecule has 9 heteroatoms. The summed E-state index contributed by atoms with van der Waals surface area (Å²) >= 11 is 0. The number of carbonyl (C=O) groups excluding carboxylic acids is 4. The molecular formula is C28H46N4O5. The summed E-state index contributed by atoms with van der Waals surface area (Å²) in [5.41, 5.74) is 6.21. The second kappa shape index (κ2) is 15.2. The van der Waals surface area contributed by atoms with Crippen molar-refractivity contribution < 1.29 is 23.9 Å². The van der Waals surface area contributed by atoms with Crippen molar-refractivity contribution in [2.75, 3.05) is 6.54 Å². The molecule has 0 saturated carbocycles. The average molecular weight is 519 g/mol. The summed E-state index contributed by atoms with van der Waals surface area (Å²) in [7, 11) is 0. The highest BCUT2D eigenvalue weighted by atomic mass is 16.6. The first-order valence-electron chi connectivity index (χ1n) is 13.2. The lowest BCUT2D eigenvalue weighted by Gasteiger charge is -2.35. The first-order chi connectivity index (χ1) is 17.2. The summed E-state index contributed by atoms with van der Waals surface area (Å²) in [5, 5.41) is 5.56. The third kappa shape index (κ3) is 12.1. The normalized spacial score (nSPS) is 13.0. The third-order valence-corrected chi connectivity index (χ3v) is 5.55.